The summed E-state index contributed by atoms with van der Waals surface area (Å²) in [5.41, 5.74) is 1.18. The highest BCUT2D eigenvalue weighted by Crippen LogP contribution is 2.25. The standard InChI is InChI=1S/C13H21N3O2/c1-3-7-16-11(4-6-14-16)9-15-8-5-12(10(15)2)13(17)18/h4,6,10,12H,3,5,7-9H2,1-2H3,(H,17,18). The van der Waals surface area contributed by atoms with Crippen molar-refractivity contribution in [2.45, 2.75) is 45.8 Å². The van der Waals surface area contributed by atoms with Gasteiger partial charge in [-0.2, -0.15) is 5.10 Å². The number of likely N-dealkylation sites (tertiary alicyclic amines) is 1. The zero-order chi connectivity index (χ0) is 13.1. The smallest absolute Gasteiger partial charge is 0.308 e. The lowest BCUT2D eigenvalue weighted by molar-refractivity contribution is -0.142. The number of nitrogens with zero attached hydrogens (tertiary/aromatic N) is 3. The third-order valence-corrected chi connectivity index (χ3v) is 3.81. The number of carbonyl (C=O) groups is 1. The van der Waals surface area contributed by atoms with Gasteiger partial charge in [-0.25, -0.2) is 0 Å². The molecule has 1 N–H and O–H groups in total. The van der Waals surface area contributed by atoms with E-state index in [-0.39, 0.29) is 12.0 Å². The Morgan fingerprint density at radius 3 is 3.00 bits per heavy atom. The Bertz CT molecular complexity index is 416. The van der Waals surface area contributed by atoms with Crippen LogP contribution >= 0.6 is 0 Å². The second kappa shape index (κ2) is 5.52. The minimum absolute atomic E-state index is 0.104. The van der Waals surface area contributed by atoms with E-state index < -0.39 is 5.97 Å². The largest absolute Gasteiger partial charge is 0.481 e. The average Bonchev–Trinajstić information content (AvgIpc) is 2.89. The van der Waals surface area contributed by atoms with Crippen LogP contribution in [0, 0.1) is 5.92 Å². The van der Waals surface area contributed by atoms with Crippen LogP contribution in [0.4, 0.5) is 0 Å². The van der Waals surface area contributed by atoms with Gasteiger partial charge < -0.3 is 5.11 Å². The fourth-order valence-corrected chi connectivity index (χ4v) is 2.67. The third-order valence-electron chi connectivity index (χ3n) is 3.81. The Labute approximate surface area is 107 Å². The van der Waals surface area contributed by atoms with Crippen molar-refractivity contribution < 1.29 is 9.90 Å². The molecule has 1 aromatic rings. The lowest BCUT2D eigenvalue weighted by atomic mass is 10.0. The van der Waals surface area contributed by atoms with Gasteiger partial charge in [-0.05, 0) is 32.4 Å². The number of aromatic nitrogens is 2. The van der Waals surface area contributed by atoms with Crippen LogP contribution in [0.1, 0.15) is 32.4 Å². The SMILES string of the molecule is CCCn1nccc1CN1CCC(C(=O)O)C1C. The molecule has 100 valence electrons. The first kappa shape index (κ1) is 13.1. The Morgan fingerprint density at radius 2 is 2.39 bits per heavy atom. The Balaban J connectivity index is 2.02. The van der Waals surface area contributed by atoms with Crippen LogP contribution in [-0.2, 0) is 17.9 Å². The number of rotatable bonds is 5. The van der Waals surface area contributed by atoms with Gasteiger partial charge in [0.1, 0.15) is 0 Å². The van der Waals surface area contributed by atoms with Gasteiger partial charge in [-0.15, -0.1) is 0 Å². The van der Waals surface area contributed by atoms with Crippen LogP contribution in [-0.4, -0.2) is 38.3 Å². The number of carboxylic acid groups (broad SMARTS) is 1. The maximum Gasteiger partial charge on any atom is 0.308 e. The molecule has 2 unspecified atom stereocenters. The van der Waals surface area contributed by atoms with Crippen LogP contribution in [0.15, 0.2) is 12.3 Å². The zero-order valence-corrected chi connectivity index (χ0v) is 11.0. The molecule has 1 fully saturated rings. The quantitative estimate of drug-likeness (QED) is 0.863. The summed E-state index contributed by atoms with van der Waals surface area (Å²) < 4.78 is 2.01. The van der Waals surface area contributed by atoms with E-state index in [2.05, 4.69) is 16.9 Å². The van der Waals surface area contributed by atoms with Crippen molar-refractivity contribution in [2.75, 3.05) is 6.54 Å². The molecule has 18 heavy (non-hydrogen) atoms. The Kier molecular flexibility index (Phi) is 4.01. The predicted octanol–water partition coefficient (Wildman–Crippen LogP) is 1.59. The number of hydrogen-bond acceptors (Lipinski definition) is 3. The maximum atomic E-state index is 11.1. The van der Waals surface area contributed by atoms with Crippen molar-refractivity contribution in [3.8, 4) is 0 Å². The van der Waals surface area contributed by atoms with Crippen molar-refractivity contribution in [3.63, 3.8) is 0 Å². The van der Waals surface area contributed by atoms with Gasteiger partial charge in [-0.1, -0.05) is 6.92 Å². The normalized spacial score (nSPS) is 24.6. The van der Waals surface area contributed by atoms with Gasteiger partial charge >= 0.3 is 5.97 Å². The average molecular weight is 251 g/mol. The fraction of sp³-hybridized carbons (Fsp3) is 0.692. The van der Waals surface area contributed by atoms with Crippen LogP contribution in [0.2, 0.25) is 0 Å². The molecule has 0 saturated carbocycles. The first-order valence-corrected chi connectivity index (χ1v) is 6.61. The van der Waals surface area contributed by atoms with E-state index in [1.165, 1.54) is 5.69 Å². The first-order chi connectivity index (χ1) is 8.63. The number of aliphatic carboxylic acids is 1. The van der Waals surface area contributed by atoms with Gasteiger partial charge in [-0.3, -0.25) is 14.4 Å². The molecule has 2 rings (SSSR count). The molecule has 1 aliphatic heterocycles. The van der Waals surface area contributed by atoms with Crippen molar-refractivity contribution in [3.05, 3.63) is 18.0 Å². The minimum Gasteiger partial charge on any atom is -0.481 e. The summed E-state index contributed by atoms with van der Waals surface area (Å²) in [6, 6.07) is 2.13. The summed E-state index contributed by atoms with van der Waals surface area (Å²) in [5.74, 6) is -0.903. The summed E-state index contributed by atoms with van der Waals surface area (Å²) in [4.78, 5) is 13.3. The molecule has 2 atom stereocenters. The summed E-state index contributed by atoms with van der Waals surface area (Å²) in [6.45, 7) is 6.71. The molecule has 0 aromatic carbocycles. The molecule has 0 amide bonds. The van der Waals surface area contributed by atoms with E-state index in [0.29, 0.717) is 0 Å². The Morgan fingerprint density at radius 1 is 1.61 bits per heavy atom. The van der Waals surface area contributed by atoms with E-state index in [0.717, 1.165) is 32.5 Å². The monoisotopic (exact) mass is 251 g/mol. The highest BCUT2D eigenvalue weighted by molar-refractivity contribution is 5.71. The summed E-state index contributed by atoms with van der Waals surface area (Å²) in [6.07, 6.45) is 3.63. The Hall–Kier alpha value is -1.36. The molecular formula is C13H21N3O2. The van der Waals surface area contributed by atoms with Gasteiger partial charge in [0.25, 0.3) is 0 Å². The number of carboxylic acids is 1. The lowest BCUT2D eigenvalue weighted by Gasteiger charge is -2.23. The predicted molar refractivity (Wildman–Crippen MR) is 68.1 cm³/mol. The van der Waals surface area contributed by atoms with E-state index >= 15 is 0 Å². The summed E-state index contributed by atoms with van der Waals surface area (Å²) >= 11 is 0. The molecule has 2 heterocycles. The molecule has 0 radical (unpaired) electrons. The zero-order valence-electron chi connectivity index (χ0n) is 11.0. The second-order valence-corrected chi connectivity index (χ2v) is 4.99. The van der Waals surface area contributed by atoms with Crippen molar-refractivity contribution in [2.24, 2.45) is 5.92 Å². The molecule has 5 nitrogen and oxygen atoms in total. The molecule has 1 saturated heterocycles. The van der Waals surface area contributed by atoms with Crippen LogP contribution < -0.4 is 0 Å². The summed E-state index contributed by atoms with van der Waals surface area (Å²) in [7, 11) is 0. The second-order valence-electron chi connectivity index (χ2n) is 4.99. The first-order valence-electron chi connectivity index (χ1n) is 6.61. The van der Waals surface area contributed by atoms with E-state index in [4.69, 9.17) is 5.11 Å². The topological polar surface area (TPSA) is 58.4 Å². The van der Waals surface area contributed by atoms with Crippen LogP contribution in [0.5, 0.6) is 0 Å². The molecule has 0 bridgehead atoms. The number of hydrogen-bond donors (Lipinski definition) is 1. The highest BCUT2D eigenvalue weighted by atomic mass is 16.4. The van der Waals surface area contributed by atoms with Crippen LogP contribution in [0.3, 0.4) is 0 Å². The minimum atomic E-state index is -0.674. The van der Waals surface area contributed by atoms with Crippen molar-refractivity contribution >= 4 is 5.97 Å². The lowest BCUT2D eigenvalue weighted by Crippen LogP contribution is -2.33. The fourth-order valence-electron chi connectivity index (χ4n) is 2.67. The van der Waals surface area contributed by atoms with Crippen molar-refractivity contribution in [1.29, 1.82) is 0 Å². The van der Waals surface area contributed by atoms with Gasteiger partial charge in [0, 0.05) is 25.3 Å². The molecule has 5 heteroatoms. The molecular weight excluding hydrogens is 230 g/mol. The highest BCUT2D eigenvalue weighted by Gasteiger charge is 2.35. The summed E-state index contributed by atoms with van der Waals surface area (Å²) in [5, 5.41) is 13.4. The maximum absolute atomic E-state index is 11.1. The van der Waals surface area contributed by atoms with Crippen LogP contribution in [0.25, 0.3) is 0 Å². The van der Waals surface area contributed by atoms with Gasteiger partial charge in [0.05, 0.1) is 11.6 Å². The van der Waals surface area contributed by atoms with E-state index in [1.807, 2.05) is 23.9 Å². The van der Waals surface area contributed by atoms with Crippen molar-refractivity contribution in [1.82, 2.24) is 14.7 Å². The molecule has 0 spiro atoms. The van der Waals surface area contributed by atoms with E-state index in [1.54, 1.807) is 0 Å². The molecule has 0 aliphatic carbocycles. The van der Waals surface area contributed by atoms with Gasteiger partial charge in [0.2, 0.25) is 0 Å². The molecule has 1 aliphatic rings. The van der Waals surface area contributed by atoms with Gasteiger partial charge in [0.15, 0.2) is 0 Å². The third kappa shape index (κ3) is 2.56. The molecule has 1 aromatic heterocycles. The van der Waals surface area contributed by atoms with E-state index in [9.17, 15) is 4.79 Å². The number of aryl methyl sites for hydroxylation is 1.